The van der Waals surface area contributed by atoms with Crippen LogP contribution in [0.15, 0.2) is 48.5 Å². The predicted octanol–water partition coefficient (Wildman–Crippen LogP) is 3.25. The van der Waals surface area contributed by atoms with Crippen LogP contribution in [-0.2, 0) is 6.54 Å². The molecule has 1 aliphatic heterocycles. The van der Waals surface area contributed by atoms with Gasteiger partial charge >= 0.3 is 0 Å². The molecular formula is C20H23N3O3. The standard InChI is InChI=1S/C20H23N3O3/c1-16-3-7-18(8-4-16)20(24)22-12-2-11-21(13-14-22)15-17-5-9-19(10-6-17)23(25)26/h3-10H,2,11-15H2,1H3. The molecule has 1 aliphatic rings. The van der Waals surface area contributed by atoms with Gasteiger partial charge in [-0.2, -0.15) is 0 Å². The fraction of sp³-hybridized carbons (Fsp3) is 0.350. The number of nitro benzene ring substituents is 1. The number of carbonyl (C=O) groups excluding carboxylic acids is 1. The molecule has 0 atom stereocenters. The Bertz CT molecular complexity index is 772. The van der Waals surface area contributed by atoms with Gasteiger partial charge in [-0.1, -0.05) is 29.8 Å². The molecule has 26 heavy (non-hydrogen) atoms. The molecule has 3 rings (SSSR count). The van der Waals surface area contributed by atoms with Crippen molar-refractivity contribution >= 4 is 11.6 Å². The Kier molecular flexibility index (Phi) is 5.63. The molecular weight excluding hydrogens is 330 g/mol. The fourth-order valence-corrected chi connectivity index (χ4v) is 3.19. The summed E-state index contributed by atoms with van der Waals surface area (Å²) in [6, 6.07) is 14.4. The number of rotatable bonds is 4. The summed E-state index contributed by atoms with van der Waals surface area (Å²) in [4.78, 5) is 27.2. The maximum atomic E-state index is 12.7. The van der Waals surface area contributed by atoms with Gasteiger partial charge in [0.15, 0.2) is 0 Å². The van der Waals surface area contributed by atoms with Crippen LogP contribution in [0.1, 0.15) is 27.9 Å². The van der Waals surface area contributed by atoms with Gasteiger partial charge in [-0.05, 0) is 31.0 Å². The van der Waals surface area contributed by atoms with Crippen LogP contribution >= 0.6 is 0 Å². The molecule has 6 heteroatoms. The Morgan fingerprint density at radius 3 is 2.35 bits per heavy atom. The van der Waals surface area contributed by atoms with Crippen molar-refractivity contribution in [1.29, 1.82) is 0 Å². The normalized spacial score (nSPS) is 15.5. The van der Waals surface area contributed by atoms with Crippen LogP contribution in [0, 0.1) is 17.0 Å². The molecule has 0 bridgehead atoms. The molecule has 1 fully saturated rings. The highest BCUT2D eigenvalue weighted by atomic mass is 16.6. The summed E-state index contributed by atoms with van der Waals surface area (Å²) < 4.78 is 0. The molecule has 6 nitrogen and oxygen atoms in total. The molecule has 0 aliphatic carbocycles. The van der Waals surface area contributed by atoms with Crippen LogP contribution in [0.2, 0.25) is 0 Å². The first-order chi connectivity index (χ1) is 12.5. The number of amides is 1. The minimum absolute atomic E-state index is 0.0854. The summed E-state index contributed by atoms with van der Waals surface area (Å²) in [5.74, 6) is 0.0854. The first kappa shape index (κ1) is 18.1. The molecule has 136 valence electrons. The van der Waals surface area contributed by atoms with Crippen LogP contribution in [0.25, 0.3) is 0 Å². The largest absolute Gasteiger partial charge is 0.337 e. The van der Waals surface area contributed by atoms with Crippen LogP contribution in [0.4, 0.5) is 5.69 Å². The van der Waals surface area contributed by atoms with Crippen molar-refractivity contribution in [1.82, 2.24) is 9.80 Å². The van der Waals surface area contributed by atoms with E-state index < -0.39 is 0 Å². The van der Waals surface area contributed by atoms with Crippen molar-refractivity contribution in [3.8, 4) is 0 Å². The Labute approximate surface area is 153 Å². The van der Waals surface area contributed by atoms with Gasteiger partial charge in [0, 0.05) is 50.4 Å². The van der Waals surface area contributed by atoms with Crippen LogP contribution < -0.4 is 0 Å². The van der Waals surface area contributed by atoms with E-state index in [1.54, 1.807) is 24.3 Å². The second-order valence-electron chi connectivity index (χ2n) is 6.71. The Hall–Kier alpha value is -2.73. The lowest BCUT2D eigenvalue weighted by Crippen LogP contribution is -2.35. The number of non-ortho nitro benzene ring substituents is 1. The summed E-state index contributed by atoms with van der Waals surface area (Å²) >= 11 is 0. The van der Waals surface area contributed by atoms with Gasteiger partial charge in [0.1, 0.15) is 0 Å². The minimum Gasteiger partial charge on any atom is -0.337 e. The molecule has 0 aromatic heterocycles. The van der Waals surface area contributed by atoms with Crippen molar-refractivity contribution in [2.24, 2.45) is 0 Å². The second kappa shape index (κ2) is 8.10. The van der Waals surface area contributed by atoms with Crippen molar-refractivity contribution in [3.05, 3.63) is 75.3 Å². The molecule has 0 spiro atoms. The lowest BCUT2D eigenvalue weighted by Gasteiger charge is -2.22. The molecule has 2 aromatic carbocycles. The molecule has 0 N–H and O–H groups in total. The maximum absolute atomic E-state index is 12.7. The van der Waals surface area contributed by atoms with Crippen LogP contribution in [0.3, 0.4) is 0 Å². The third kappa shape index (κ3) is 4.46. The van der Waals surface area contributed by atoms with Gasteiger partial charge in [-0.25, -0.2) is 0 Å². The average Bonchev–Trinajstić information content (AvgIpc) is 2.88. The van der Waals surface area contributed by atoms with E-state index in [4.69, 9.17) is 0 Å². The van der Waals surface area contributed by atoms with Gasteiger partial charge in [0.25, 0.3) is 11.6 Å². The highest BCUT2D eigenvalue weighted by Gasteiger charge is 2.20. The number of hydrogen-bond acceptors (Lipinski definition) is 4. The lowest BCUT2D eigenvalue weighted by molar-refractivity contribution is -0.384. The zero-order chi connectivity index (χ0) is 18.5. The number of nitrogens with zero attached hydrogens (tertiary/aromatic N) is 3. The fourth-order valence-electron chi connectivity index (χ4n) is 3.19. The quantitative estimate of drug-likeness (QED) is 0.625. The van der Waals surface area contributed by atoms with E-state index in [0.717, 1.165) is 49.3 Å². The smallest absolute Gasteiger partial charge is 0.269 e. The van der Waals surface area contributed by atoms with Gasteiger partial charge < -0.3 is 4.90 Å². The van der Waals surface area contributed by atoms with Gasteiger partial charge in [0.2, 0.25) is 0 Å². The number of carbonyl (C=O) groups is 1. The topological polar surface area (TPSA) is 66.7 Å². The predicted molar refractivity (Wildman–Crippen MR) is 100 cm³/mol. The molecule has 1 amide bonds. The van der Waals surface area contributed by atoms with Gasteiger partial charge in [0.05, 0.1) is 4.92 Å². The first-order valence-electron chi connectivity index (χ1n) is 8.84. The summed E-state index contributed by atoms with van der Waals surface area (Å²) in [7, 11) is 0. The van der Waals surface area contributed by atoms with Crippen LogP contribution in [-0.4, -0.2) is 46.8 Å². The Morgan fingerprint density at radius 2 is 1.69 bits per heavy atom. The van der Waals surface area contributed by atoms with E-state index in [9.17, 15) is 14.9 Å². The lowest BCUT2D eigenvalue weighted by atomic mass is 10.1. The van der Waals surface area contributed by atoms with E-state index >= 15 is 0 Å². The molecule has 0 unspecified atom stereocenters. The Balaban J connectivity index is 1.58. The first-order valence-corrected chi connectivity index (χ1v) is 8.84. The summed E-state index contributed by atoms with van der Waals surface area (Å²) in [6.45, 7) is 5.91. The highest BCUT2D eigenvalue weighted by Crippen LogP contribution is 2.15. The van der Waals surface area contributed by atoms with E-state index in [1.165, 1.54) is 0 Å². The zero-order valence-electron chi connectivity index (χ0n) is 14.9. The number of aryl methyl sites for hydroxylation is 1. The van der Waals surface area contributed by atoms with Crippen LogP contribution in [0.5, 0.6) is 0 Å². The average molecular weight is 353 g/mol. The molecule has 1 heterocycles. The third-order valence-corrected chi connectivity index (χ3v) is 4.73. The highest BCUT2D eigenvalue weighted by molar-refractivity contribution is 5.94. The molecule has 2 aromatic rings. The summed E-state index contributed by atoms with van der Waals surface area (Å²) in [6.07, 6.45) is 0.921. The number of hydrogen-bond donors (Lipinski definition) is 0. The Morgan fingerprint density at radius 1 is 1.00 bits per heavy atom. The second-order valence-corrected chi connectivity index (χ2v) is 6.71. The molecule has 0 radical (unpaired) electrons. The maximum Gasteiger partial charge on any atom is 0.269 e. The molecule has 1 saturated heterocycles. The number of nitro groups is 1. The SMILES string of the molecule is Cc1ccc(C(=O)N2CCCN(Cc3ccc([N+](=O)[O-])cc3)CC2)cc1. The minimum atomic E-state index is -0.385. The number of benzene rings is 2. The van der Waals surface area contributed by atoms with Crippen molar-refractivity contribution < 1.29 is 9.72 Å². The van der Waals surface area contributed by atoms with Crippen molar-refractivity contribution in [2.75, 3.05) is 26.2 Å². The summed E-state index contributed by atoms with van der Waals surface area (Å²) in [5, 5.41) is 10.7. The monoisotopic (exact) mass is 353 g/mol. The van der Waals surface area contributed by atoms with E-state index in [0.29, 0.717) is 6.54 Å². The van der Waals surface area contributed by atoms with E-state index in [1.807, 2.05) is 36.1 Å². The van der Waals surface area contributed by atoms with Gasteiger partial charge in [-0.15, -0.1) is 0 Å². The van der Waals surface area contributed by atoms with E-state index in [-0.39, 0.29) is 16.5 Å². The summed E-state index contributed by atoms with van der Waals surface area (Å²) in [5.41, 5.74) is 3.04. The van der Waals surface area contributed by atoms with Gasteiger partial charge in [-0.3, -0.25) is 19.8 Å². The third-order valence-electron chi connectivity index (χ3n) is 4.73. The van der Waals surface area contributed by atoms with Crippen molar-refractivity contribution in [3.63, 3.8) is 0 Å². The van der Waals surface area contributed by atoms with E-state index in [2.05, 4.69) is 4.90 Å². The van der Waals surface area contributed by atoms with Crippen molar-refractivity contribution in [2.45, 2.75) is 19.9 Å². The zero-order valence-corrected chi connectivity index (χ0v) is 14.9. The molecule has 0 saturated carbocycles.